The minimum Gasteiger partial charge on any atom is -0.351 e. The summed E-state index contributed by atoms with van der Waals surface area (Å²) in [4.78, 5) is 26.6. The van der Waals surface area contributed by atoms with E-state index in [1.807, 2.05) is 55.5 Å². The number of carbonyl (C=O) groups is 2. The van der Waals surface area contributed by atoms with Gasteiger partial charge in [-0.1, -0.05) is 51.8 Å². The SMILES string of the molecule is Cc1cccc(CNC(=O)C2CCN(c3cccc(Br)c3)C2=O)c1. The number of nitrogens with zero attached hydrogens (tertiary/aromatic N) is 1. The summed E-state index contributed by atoms with van der Waals surface area (Å²) in [6, 6.07) is 15.6. The van der Waals surface area contributed by atoms with Gasteiger partial charge in [-0.3, -0.25) is 9.59 Å². The lowest BCUT2D eigenvalue weighted by atomic mass is 10.1. The average molecular weight is 387 g/mol. The maximum Gasteiger partial charge on any atom is 0.239 e. The van der Waals surface area contributed by atoms with E-state index in [1.54, 1.807) is 4.90 Å². The van der Waals surface area contributed by atoms with E-state index >= 15 is 0 Å². The lowest BCUT2D eigenvalue weighted by Gasteiger charge is -2.17. The number of aryl methyl sites for hydroxylation is 1. The van der Waals surface area contributed by atoms with Gasteiger partial charge in [-0.2, -0.15) is 0 Å². The highest BCUT2D eigenvalue weighted by Gasteiger charge is 2.37. The van der Waals surface area contributed by atoms with E-state index in [4.69, 9.17) is 0 Å². The number of carbonyl (C=O) groups excluding carboxylic acids is 2. The van der Waals surface area contributed by atoms with Gasteiger partial charge in [0.2, 0.25) is 11.8 Å². The van der Waals surface area contributed by atoms with Gasteiger partial charge < -0.3 is 10.2 Å². The Morgan fingerprint density at radius 2 is 2.04 bits per heavy atom. The monoisotopic (exact) mass is 386 g/mol. The van der Waals surface area contributed by atoms with Crippen molar-refractivity contribution in [3.63, 3.8) is 0 Å². The fraction of sp³-hybridized carbons (Fsp3) is 0.263. The minimum atomic E-state index is -0.603. The molecule has 1 aliphatic rings. The Bertz CT molecular complexity index is 775. The maximum absolute atomic E-state index is 12.6. The maximum atomic E-state index is 12.6. The number of halogens is 1. The van der Waals surface area contributed by atoms with Crippen molar-refractivity contribution in [3.8, 4) is 0 Å². The molecule has 1 saturated heterocycles. The highest BCUT2D eigenvalue weighted by Crippen LogP contribution is 2.27. The summed E-state index contributed by atoms with van der Waals surface area (Å²) in [5, 5.41) is 2.89. The van der Waals surface area contributed by atoms with Crippen molar-refractivity contribution in [1.29, 1.82) is 0 Å². The zero-order valence-electron chi connectivity index (χ0n) is 13.5. The molecule has 2 amide bonds. The predicted molar refractivity (Wildman–Crippen MR) is 97.6 cm³/mol. The Morgan fingerprint density at radius 3 is 2.79 bits per heavy atom. The van der Waals surface area contributed by atoms with Crippen molar-refractivity contribution in [3.05, 3.63) is 64.1 Å². The summed E-state index contributed by atoms with van der Waals surface area (Å²) in [7, 11) is 0. The van der Waals surface area contributed by atoms with Crippen LogP contribution in [0.25, 0.3) is 0 Å². The molecule has 1 fully saturated rings. The molecule has 1 aliphatic heterocycles. The van der Waals surface area contributed by atoms with E-state index in [-0.39, 0.29) is 11.8 Å². The first-order chi connectivity index (χ1) is 11.5. The molecule has 24 heavy (non-hydrogen) atoms. The molecule has 1 N–H and O–H groups in total. The van der Waals surface area contributed by atoms with Crippen molar-refractivity contribution in [2.75, 3.05) is 11.4 Å². The Kier molecular flexibility index (Phi) is 5.00. The van der Waals surface area contributed by atoms with Crippen molar-refractivity contribution in [1.82, 2.24) is 5.32 Å². The minimum absolute atomic E-state index is 0.130. The summed E-state index contributed by atoms with van der Waals surface area (Å²) in [6.07, 6.45) is 0.547. The van der Waals surface area contributed by atoms with Crippen LogP contribution < -0.4 is 10.2 Å². The molecule has 0 radical (unpaired) electrons. The van der Waals surface area contributed by atoms with Crippen molar-refractivity contribution in [2.45, 2.75) is 19.9 Å². The molecule has 2 aromatic carbocycles. The first kappa shape index (κ1) is 16.7. The first-order valence-corrected chi connectivity index (χ1v) is 8.74. The molecule has 5 heteroatoms. The van der Waals surface area contributed by atoms with Gasteiger partial charge >= 0.3 is 0 Å². The highest BCUT2D eigenvalue weighted by atomic mass is 79.9. The summed E-state index contributed by atoms with van der Waals surface area (Å²) in [5.74, 6) is -0.928. The largest absolute Gasteiger partial charge is 0.351 e. The zero-order chi connectivity index (χ0) is 17.1. The number of anilines is 1. The Hall–Kier alpha value is -2.14. The Labute approximate surface area is 150 Å². The Morgan fingerprint density at radius 1 is 1.25 bits per heavy atom. The van der Waals surface area contributed by atoms with E-state index in [0.29, 0.717) is 19.5 Å². The Balaban J connectivity index is 1.63. The average Bonchev–Trinajstić information content (AvgIpc) is 2.94. The standard InChI is InChI=1S/C19H19BrN2O2/c1-13-4-2-5-14(10-13)12-21-18(23)17-8-9-22(19(17)24)16-7-3-6-15(20)11-16/h2-7,10-11,17H,8-9,12H2,1H3,(H,21,23). The second-order valence-corrected chi connectivity index (χ2v) is 6.93. The van der Waals surface area contributed by atoms with Gasteiger partial charge in [0, 0.05) is 23.2 Å². The number of benzene rings is 2. The molecule has 3 rings (SSSR count). The summed E-state index contributed by atoms with van der Waals surface area (Å²) < 4.78 is 0.917. The normalized spacial score (nSPS) is 17.2. The van der Waals surface area contributed by atoms with Crippen LogP contribution in [0.5, 0.6) is 0 Å². The third-order valence-electron chi connectivity index (χ3n) is 4.19. The van der Waals surface area contributed by atoms with Crippen molar-refractivity contribution in [2.24, 2.45) is 5.92 Å². The first-order valence-electron chi connectivity index (χ1n) is 7.95. The molecule has 2 aromatic rings. The van der Waals surface area contributed by atoms with Gasteiger partial charge in [0.25, 0.3) is 0 Å². The summed E-state index contributed by atoms with van der Waals surface area (Å²) in [5.41, 5.74) is 3.01. The molecule has 1 unspecified atom stereocenters. The fourth-order valence-corrected chi connectivity index (χ4v) is 3.35. The second kappa shape index (κ2) is 7.18. The highest BCUT2D eigenvalue weighted by molar-refractivity contribution is 9.10. The van der Waals surface area contributed by atoms with Crippen molar-refractivity contribution >= 4 is 33.4 Å². The van der Waals surface area contributed by atoms with Crippen LogP contribution >= 0.6 is 15.9 Å². The van der Waals surface area contributed by atoms with Gasteiger partial charge in [-0.15, -0.1) is 0 Å². The molecule has 0 bridgehead atoms. The van der Waals surface area contributed by atoms with E-state index in [9.17, 15) is 9.59 Å². The molecule has 1 atom stereocenters. The van der Waals surface area contributed by atoms with Gasteiger partial charge in [0.1, 0.15) is 5.92 Å². The van der Waals surface area contributed by atoms with Gasteiger partial charge in [0.05, 0.1) is 0 Å². The fourth-order valence-electron chi connectivity index (χ4n) is 2.96. The predicted octanol–water partition coefficient (Wildman–Crippen LogP) is 3.43. The van der Waals surface area contributed by atoms with E-state index < -0.39 is 5.92 Å². The molecule has 1 heterocycles. The van der Waals surface area contributed by atoms with Gasteiger partial charge in [-0.25, -0.2) is 0 Å². The topological polar surface area (TPSA) is 49.4 Å². The quantitative estimate of drug-likeness (QED) is 0.818. The van der Waals surface area contributed by atoms with E-state index in [2.05, 4.69) is 21.2 Å². The number of rotatable bonds is 4. The molecular formula is C19H19BrN2O2. The molecule has 0 saturated carbocycles. The molecular weight excluding hydrogens is 368 g/mol. The molecule has 0 spiro atoms. The molecule has 0 aliphatic carbocycles. The molecule has 124 valence electrons. The van der Waals surface area contributed by atoms with Gasteiger partial charge in [0.15, 0.2) is 0 Å². The van der Waals surface area contributed by atoms with Gasteiger partial charge in [-0.05, 0) is 37.1 Å². The smallest absolute Gasteiger partial charge is 0.239 e. The summed E-state index contributed by atoms with van der Waals surface area (Å²) >= 11 is 3.41. The third-order valence-corrected chi connectivity index (χ3v) is 4.68. The number of hydrogen-bond donors (Lipinski definition) is 1. The van der Waals surface area contributed by atoms with Crippen LogP contribution in [0.1, 0.15) is 17.5 Å². The zero-order valence-corrected chi connectivity index (χ0v) is 15.0. The lowest BCUT2D eigenvalue weighted by molar-refractivity contribution is -0.132. The third kappa shape index (κ3) is 3.67. The van der Waals surface area contributed by atoms with E-state index in [1.165, 1.54) is 0 Å². The van der Waals surface area contributed by atoms with Crippen LogP contribution in [0.15, 0.2) is 53.0 Å². The van der Waals surface area contributed by atoms with Crippen LogP contribution in [0.4, 0.5) is 5.69 Å². The van der Waals surface area contributed by atoms with Crippen LogP contribution in [0.2, 0.25) is 0 Å². The second-order valence-electron chi connectivity index (χ2n) is 6.02. The molecule has 0 aromatic heterocycles. The lowest BCUT2D eigenvalue weighted by Crippen LogP contribution is -2.36. The number of amides is 2. The van der Waals surface area contributed by atoms with Crippen LogP contribution in [0, 0.1) is 12.8 Å². The van der Waals surface area contributed by atoms with E-state index in [0.717, 1.165) is 21.3 Å². The van der Waals surface area contributed by atoms with Crippen molar-refractivity contribution < 1.29 is 9.59 Å². The number of hydrogen-bond acceptors (Lipinski definition) is 2. The van der Waals surface area contributed by atoms with Crippen LogP contribution in [0.3, 0.4) is 0 Å². The summed E-state index contributed by atoms with van der Waals surface area (Å²) in [6.45, 7) is 3.03. The van der Waals surface area contributed by atoms with Crippen LogP contribution in [-0.2, 0) is 16.1 Å². The molecule has 4 nitrogen and oxygen atoms in total. The van der Waals surface area contributed by atoms with Crippen LogP contribution in [-0.4, -0.2) is 18.4 Å². The number of nitrogens with one attached hydrogen (secondary N) is 1.